The molecule has 0 spiro atoms. The van der Waals surface area contributed by atoms with E-state index < -0.39 is 193 Å². The number of fused-ring (bicyclic) bond motifs is 1. The minimum Gasteiger partial charge on any atom is -0.481 e. The van der Waals surface area contributed by atoms with Crippen molar-refractivity contribution >= 4 is 123 Å². The van der Waals surface area contributed by atoms with Gasteiger partial charge in [-0.2, -0.15) is 11.8 Å². The predicted molar refractivity (Wildman–Crippen MR) is 472 cm³/mol. The summed E-state index contributed by atoms with van der Waals surface area (Å²) in [5.41, 5.74) is 26.8. The number of aromatic amines is 1. The number of carboxylic acid groups (broad SMARTS) is 1. The smallest absolute Gasteiger partial charge is 0.305 e. The van der Waals surface area contributed by atoms with Gasteiger partial charge in [-0.1, -0.05) is 181 Å². The van der Waals surface area contributed by atoms with E-state index in [2.05, 4.69) is 47.5 Å². The van der Waals surface area contributed by atoms with Crippen LogP contribution in [0.15, 0.2) is 146 Å². The van der Waals surface area contributed by atoms with Crippen LogP contribution in [-0.2, 0) is 120 Å². The molecule has 6 aromatic rings. The highest BCUT2D eigenvalue weighted by atomic mass is 32.2. The van der Waals surface area contributed by atoms with E-state index in [9.17, 15) is 77.0 Å². The van der Waals surface area contributed by atoms with Crippen molar-refractivity contribution in [1.82, 2.24) is 72.0 Å². The SMILES string of the molecule is CCCC[C@@H](C(=O)N(C)CC(=O)N[C@@H](CC(N)=O)C(=O)N[C@H](C(=O)N(C)[C@@H](Cc1ccccc1)C(=O)N[C@@H](CC(=O)O)C(=O)N(C)CC(=O)N[C@@H](Cc1c[nH]c2ccccc12)C(=O)N[C@@H](Cc1ccc(CN)cc1)C(=O)N[C@@H](CC(C)C)C(N)=O)C(C)C)N(C)C(=O)[C@H](Cc1ccccc1)N(C)C(=O)[C@H](Cc1ccccc1)NC(=O)CSCCC(=O)NCC(N)=O. The van der Waals surface area contributed by atoms with Crippen LogP contribution in [0.4, 0.5) is 0 Å². The first kappa shape index (κ1) is 102. The third-order valence-electron chi connectivity index (χ3n) is 21.0. The van der Waals surface area contributed by atoms with Crippen LogP contribution in [0, 0.1) is 11.8 Å². The summed E-state index contributed by atoms with van der Waals surface area (Å²) in [5.74, 6) is -15.9. The molecule has 0 bridgehead atoms. The van der Waals surface area contributed by atoms with Gasteiger partial charge < -0.3 is 100 Å². The number of para-hydroxylation sites is 1. The number of aliphatic carboxylic acids is 1. The van der Waals surface area contributed by atoms with Crippen LogP contribution in [0.25, 0.3) is 10.9 Å². The maximum Gasteiger partial charge on any atom is 0.305 e. The van der Waals surface area contributed by atoms with Crippen molar-refractivity contribution < 1.29 is 86.6 Å². The Bertz CT molecular complexity index is 4750. The number of benzene rings is 5. The zero-order chi connectivity index (χ0) is 93.0. The first-order valence-corrected chi connectivity index (χ1v) is 42.7. The molecule has 18 N–H and O–H groups in total. The van der Waals surface area contributed by atoms with E-state index in [4.69, 9.17) is 22.9 Å². The maximum atomic E-state index is 15.3. The fourth-order valence-corrected chi connectivity index (χ4v) is 14.8. The largest absolute Gasteiger partial charge is 0.481 e. The minimum atomic E-state index is -1.93. The number of carbonyl (C=O) groups excluding carboxylic acids is 16. The molecule has 0 aliphatic carbocycles. The summed E-state index contributed by atoms with van der Waals surface area (Å²) in [6.07, 6.45) is 0.288. The summed E-state index contributed by atoms with van der Waals surface area (Å²) < 4.78 is 0. The second-order valence-corrected chi connectivity index (χ2v) is 33.0. The standard InChI is InChI=1S/C89H120N18O18S/c1-11-12-32-69(105(8)88(124)71(43-57-28-20-15-21-29-57)107(10)86(122)67(41-55-24-16-13-17-25-55)98-77(113)52-126-38-37-74(110)95-49-73(92)109)87(123)104(7)51-76(112)97-66(45-72(91)108)83(119)102-79(54(4)5)89(125)106(9)70(42-56-26-18-14-19-27-56)84(120)101-68(46-78(114)115)85(121)103(6)50-75(111)96-65(44-60-48-94-62-31-23-22-30-61(60)62)82(118)100-64(40-58-33-35-59(47-90)36-34-58)81(117)99-63(80(93)116)39-53(2)3/h13-31,33-36,48,53-54,63-71,79,94H,11-12,32,37-47,49-52,90H2,1-10H3,(H2,91,108)(H2,92,109)(H2,93,116)(H,95,110)(H,96,111)(H,97,112)(H,98,113)(H,99,117)(H,100,118)(H,101,120)(H,102,119)(H,114,115)/t63-,64-,65-,66-,67-,68-,69-,70-,71-,79-/m0/s1. The Kier molecular flexibility index (Phi) is 40.9. The highest BCUT2D eigenvalue weighted by Crippen LogP contribution is 2.24. The van der Waals surface area contributed by atoms with E-state index in [0.29, 0.717) is 51.6 Å². The van der Waals surface area contributed by atoms with Gasteiger partial charge >= 0.3 is 5.97 Å². The number of hydrogen-bond donors (Lipinski definition) is 14. The van der Waals surface area contributed by atoms with Gasteiger partial charge in [-0.25, -0.2) is 0 Å². The van der Waals surface area contributed by atoms with Crippen LogP contribution in [-0.4, -0.2) is 262 Å². The number of nitrogens with zero attached hydrogens (tertiary/aromatic N) is 5. The molecule has 0 radical (unpaired) electrons. The van der Waals surface area contributed by atoms with Gasteiger partial charge in [-0.3, -0.25) is 81.5 Å². The molecular weight excluding hydrogens is 1640 g/mol. The molecule has 6 rings (SSSR count). The lowest BCUT2D eigenvalue weighted by molar-refractivity contribution is -0.151. The number of H-pyrrole nitrogens is 1. The molecule has 37 heteroatoms. The molecular formula is C89H120N18O18S. The molecule has 1 aromatic heterocycles. The minimum absolute atomic E-state index is 0.00363. The van der Waals surface area contributed by atoms with Crippen LogP contribution in [0.5, 0.6) is 0 Å². The molecule has 0 unspecified atom stereocenters. The summed E-state index contributed by atoms with van der Waals surface area (Å²) in [6, 6.07) is 25.3. The van der Waals surface area contributed by atoms with Crippen molar-refractivity contribution in [2.24, 2.45) is 34.8 Å². The van der Waals surface area contributed by atoms with Crippen molar-refractivity contribution in [2.45, 2.75) is 179 Å². The fourth-order valence-electron chi connectivity index (χ4n) is 14.1. The topological polar surface area (TPSA) is 543 Å². The Morgan fingerprint density at radius 1 is 0.444 bits per heavy atom. The number of carbonyl (C=O) groups is 17. The lowest BCUT2D eigenvalue weighted by atomic mass is 9.98. The molecule has 0 aliphatic heterocycles. The Labute approximate surface area is 737 Å². The molecule has 10 atom stereocenters. The molecule has 5 aromatic carbocycles. The molecule has 1 heterocycles. The molecule has 126 heavy (non-hydrogen) atoms. The van der Waals surface area contributed by atoms with Gasteiger partial charge in [0.05, 0.1) is 38.2 Å². The van der Waals surface area contributed by atoms with Crippen LogP contribution in [0.2, 0.25) is 0 Å². The van der Waals surface area contributed by atoms with Crippen LogP contribution in [0.1, 0.15) is 113 Å². The van der Waals surface area contributed by atoms with Crippen molar-refractivity contribution in [1.29, 1.82) is 0 Å². The van der Waals surface area contributed by atoms with Crippen molar-refractivity contribution in [3.63, 3.8) is 0 Å². The second-order valence-electron chi connectivity index (χ2n) is 31.9. The number of nitrogens with two attached hydrogens (primary N) is 4. The number of hydrogen-bond acceptors (Lipinski definition) is 19. The molecule has 16 amide bonds. The Morgan fingerprint density at radius 2 is 0.921 bits per heavy atom. The average Bonchev–Trinajstić information content (AvgIpc) is 1.82. The zero-order valence-electron chi connectivity index (χ0n) is 72.9. The molecule has 0 aliphatic rings. The number of thioether (sulfide) groups is 1. The van der Waals surface area contributed by atoms with E-state index in [1.807, 2.05) is 20.8 Å². The van der Waals surface area contributed by atoms with Gasteiger partial charge in [0.15, 0.2) is 0 Å². The number of likely N-dealkylation sites (N-methyl/N-ethyl adjacent to an activating group) is 5. The van der Waals surface area contributed by atoms with Crippen LogP contribution < -0.4 is 65.5 Å². The molecule has 0 fully saturated rings. The number of nitrogens with one attached hydrogen (secondary N) is 9. The summed E-state index contributed by atoms with van der Waals surface area (Å²) in [5, 5.41) is 31.8. The third-order valence-corrected chi connectivity index (χ3v) is 22.0. The van der Waals surface area contributed by atoms with Crippen LogP contribution >= 0.6 is 11.8 Å². The Hall–Kier alpha value is -13.1. The Balaban J connectivity index is 1.19. The van der Waals surface area contributed by atoms with Crippen molar-refractivity contribution in [3.8, 4) is 0 Å². The van der Waals surface area contributed by atoms with E-state index in [1.165, 1.54) is 38.0 Å². The maximum absolute atomic E-state index is 15.3. The molecule has 0 saturated heterocycles. The van der Waals surface area contributed by atoms with E-state index in [1.54, 1.807) is 160 Å². The van der Waals surface area contributed by atoms with Crippen molar-refractivity contribution in [2.75, 3.05) is 66.4 Å². The number of amides is 16. The predicted octanol–water partition coefficient (Wildman–Crippen LogP) is 0.384. The average molecular weight is 1760 g/mol. The van der Waals surface area contributed by atoms with E-state index in [0.717, 1.165) is 39.1 Å². The van der Waals surface area contributed by atoms with Gasteiger partial charge in [-0.15, -0.1) is 0 Å². The lowest BCUT2D eigenvalue weighted by Crippen LogP contribution is -2.61. The third kappa shape index (κ3) is 32.6. The highest BCUT2D eigenvalue weighted by molar-refractivity contribution is 7.99. The molecule has 0 saturated carbocycles. The van der Waals surface area contributed by atoms with Gasteiger partial charge in [-0.05, 0) is 64.1 Å². The normalized spacial score (nSPS) is 13.5. The van der Waals surface area contributed by atoms with Gasteiger partial charge in [0.2, 0.25) is 94.5 Å². The summed E-state index contributed by atoms with van der Waals surface area (Å²) >= 11 is 1.11. The first-order chi connectivity index (χ1) is 59.8. The number of primary amides is 3. The second kappa shape index (κ2) is 50.6. The monoisotopic (exact) mass is 1760 g/mol. The number of rotatable bonds is 52. The lowest BCUT2D eigenvalue weighted by Gasteiger charge is -2.37. The summed E-state index contributed by atoms with van der Waals surface area (Å²) in [6.45, 7) is 6.86. The van der Waals surface area contributed by atoms with Gasteiger partial charge in [0, 0.05) is 103 Å². The number of unbranched alkanes of at least 4 members (excludes halogenated alkanes) is 1. The van der Waals surface area contributed by atoms with E-state index in [-0.39, 0.29) is 81.9 Å². The van der Waals surface area contributed by atoms with Gasteiger partial charge in [0.25, 0.3) is 0 Å². The molecule has 36 nitrogen and oxygen atoms in total. The van der Waals surface area contributed by atoms with Crippen LogP contribution in [0.3, 0.4) is 0 Å². The number of aromatic nitrogens is 1. The highest BCUT2D eigenvalue weighted by Gasteiger charge is 2.42. The Morgan fingerprint density at radius 3 is 1.46 bits per heavy atom. The summed E-state index contributed by atoms with van der Waals surface area (Å²) in [4.78, 5) is 245. The number of carboxylic acids is 1. The quantitative estimate of drug-likeness (QED) is 0.0230. The fraction of sp³-hybridized carbons (Fsp3) is 0.449. The zero-order valence-corrected chi connectivity index (χ0v) is 73.7. The van der Waals surface area contributed by atoms with E-state index >= 15 is 9.59 Å². The summed E-state index contributed by atoms with van der Waals surface area (Å²) in [7, 11) is 6.45. The van der Waals surface area contributed by atoms with Gasteiger partial charge in [0.1, 0.15) is 60.4 Å². The van der Waals surface area contributed by atoms with Crippen molar-refractivity contribution in [3.05, 3.63) is 179 Å². The first-order valence-electron chi connectivity index (χ1n) is 41.6. The molecule has 680 valence electrons.